The summed E-state index contributed by atoms with van der Waals surface area (Å²) in [7, 11) is 0. The van der Waals surface area contributed by atoms with E-state index in [9.17, 15) is 0 Å². The molecule has 0 bridgehead atoms. The maximum absolute atomic E-state index is 3.54. The van der Waals surface area contributed by atoms with Crippen molar-refractivity contribution in [3.05, 3.63) is 29.8 Å². The fraction of sp³-hybridized carbons (Fsp3) is 0.647. The molecule has 2 rings (SSSR count). The van der Waals surface area contributed by atoms with Gasteiger partial charge in [-0.3, -0.25) is 0 Å². The Labute approximate surface area is 118 Å². The molecular weight excluding hydrogens is 232 g/mol. The Balaban J connectivity index is 1.80. The molecule has 0 saturated carbocycles. The second-order valence-electron chi connectivity index (χ2n) is 5.86. The zero-order valence-electron chi connectivity index (χ0n) is 12.5. The predicted octanol–water partition coefficient (Wildman–Crippen LogP) is 3.81. The minimum Gasteiger partial charge on any atom is -0.372 e. The maximum atomic E-state index is 3.54. The summed E-state index contributed by atoms with van der Waals surface area (Å²) < 4.78 is 0. The molecule has 1 aromatic rings. The summed E-state index contributed by atoms with van der Waals surface area (Å²) in [5, 5.41) is 3.54. The molecule has 2 nitrogen and oxygen atoms in total. The van der Waals surface area contributed by atoms with Crippen LogP contribution in [0.25, 0.3) is 0 Å². The molecule has 1 N–H and O–H groups in total. The average molecular weight is 260 g/mol. The normalized spacial score (nSPS) is 17.5. The van der Waals surface area contributed by atoms with Crippen LogP contribution in [-0.2, 0) is 6.54 Å². The first-order valence-corrected chi connectivity index (χ1v) is 7.84. The highest BCUT2D eigenvalue weighted by Gasteiger charge is 2.10. The minimum absolute atomic E-state index is 0.771. The summed E-state index contributed by atoms with van der Waals surface area (Å²) in [5.41, 5.74) is 2.79. The smallest absolute Gasteiger partial charge is 0.0366 e. The van der Waals surface area contributed by atoms with E-state index in [1.165, 1.54) is 50.0 Å². The third-order valence-electron chi connectivity index (χ3n) is 4.18. The zero-order chi connectivity index (χ0) is 13.5. The number of anilines is 1. The number of nitrogens with zero attached hydrogens (tertiary/aromatic N) is 1. The van der Waals surface area contributed by atoms with E-state index in [4.69, 9.17) is 0 Å². The van der Waals surface area contributed by atoms with Gasteiger partial charge in [-0.15, -0.1) is 0 Å². The van der Waals surface area contributed by atoms with Crippen LogP contribution in [0.2, 0.25) is 0 Å². The van der Waals surface area contributed by atoms with E-state index in [0.29, 0.717) is 0 Å². The second kappa shape index (κ2) is 7.54. The van der Waals surface area contributed by atoms with Crippen LogP contribution in [0, 0.1) is 5.92 Å². The molecule has 106 valence electrons. The fourth-order valence-electron chi connectivity index (χ4n) is 2.58. The van der Waals surface area contributed by atoms with Crippen molar-refractivity contribution < 1.29 is 0 Å². The van der Waals surface area contributed by atoms with Gasteiger partial charge < -0.3 is 10.2 Å². The standard InChI is InChI=1S/C17H28N2/c1-3-15(2)13-18-14-16-7-9-17(10-8-16)19-11-5-4-6-12-19/h7-10,15,18H,3-6,11-14H2,1-2H3. The maximum Gasteiger partial charge on any atom is 0.0366 e. The van der Waals surface area contributed by atoms with Gasteiger partial charge in [0.05, 0.1) is 0 Å². The Bertz CT molecular complexity index is 352. The van der Waals surface area contributed by atoms with Crippen molar-refractivity contribution in [3.8, 4) is 0 Å². The number of nitrogens with one attached hydrogen (secondary N) is 1. The summed E-state index contributed by atoms with van der Waals surface area (Å²) in [6.45, 7) is 9.11. The monoisotopic (exact) mass is 260 g/mol. The summed E-state index contributed by atoms with van der Waals surface area (Å²) >= 11 is 0. The van der Waals surface area contributed by atoms with Gasteiger partial charge in [-0.25, -0.2) is 0 Å². The lowest BCUT2D eigenvalue weighted by molar-refractivity contribution is 0.500. The number of benzene rings is 1. The van der Waals surface area contributed by atoms with Gasteiger partial charge in [0.1, 0.15) is 0 Å². The molecule has 0 amide bonds. The highest BCUT2D eigenvalue weighted by Crippen LogP contribution is 2.20. The van der Waals surface area contributed by atoms with Crippen LogP contribution in [0.4, 0.5) is 5.69 Å². The van der Waals surface area contributed by atoms with Crippen molar-refractivity contribution in [3.63, 3.8) is 0 Å². The van der Waals surface area contributed by atoms with Crippen LogP contribution >= 0.6 is 0 Å². The van der Waals surface area contributed by atoms with Gasteiger partial charge in [-0.2, -0.15) is 0 Å². The summed E-state index contributed by atoms with van der Waals surface area (Å²) in [4.78, 5) is 2.51. The molecular formula is C17H28N2. The molecule has 0 aliphatic carbocycles. The molecule has 0 radical (unpaired) electrons. The van der Waals surface area contributed by atoms with E-state index >= 15 is 0 Å². The first-order valence-electron chi connectivity index (χ1n) is 7.84. The van der Waals surface area contributed by atoms with E-state index in [0.717, 1.165) is 19.0 Å². The van der Waals surface area contributed by atoms with E-state index < -0.39 is 0 Å². The topological polar surface area (TPSA) is 15.3 Å². The van der Waals surface area contributed by atoms with E-state index in [1.807, 2.05) is 0 Å². The molecule has 1 unspecified atom stereocenters. The van der Waals surface area contributed by atoms with Gasteiger partial charge in [0.15, 0.2) is 0 Å². The molecule has 1 aliphatic rings. The quantitative estimate of drug-likeness (QED) is 0.836. The number of rotatable bonds is 6. The largest absolute Gasteiger partial charge is 0.372 e. The van der Waals surface area contributed by atoms with Gasteiger partial charge in [0.25, 0.3) is 0 Å². The van der Waals surface area contributed by atoms with Crippen molar-refractivity contribution in [2.45, 2.75) is 46.1 Å². The molecule has 2 heteroatoms. The van der Waals surface area contributed by atoms with Crippen LogP contribution < -0.4 is 10.2 Å². The summed E-state index contributed by atoms with van der Waals surface area (Å²) in [5.74, 6) is 0.771. The zero-order valence-corrected chi connectivity index (χ0v) is 12.5. The Morgan fingerprint density at radius 3 is 2.42 bits per heavy atom. The third-order valence-corrected chi connectivity index (χ3v) is 4.18. The third kappa shape index (κ3) is 4.54. The van der Waals surface area contributed by atoms with E-state index in [2.05, 4.69) is 48.3 Å². The van der Waals surface area contributed by atoms with Crippen LogP contribution in [0.3, 0.4) is 0 Å². The van der Waals surface area contributed by atoms with Crippen molar-refractivity contribution in [2.24, 2.45) is 5.92 Å². The van der Waals surface area contributed by atoms with Crippen LogP contribution in [0.15, 0.2) is 24.3 Å². The summed E-state index contributed by atoms with van der Waals surface area (Å²) in [6, 6.07) is 9.11. The number of hydrogen-bond donors (Lipinski definition) is 1. The highest BCUT2D eigenvalue weighted by atomic mass is 15.1. The molecule has 0 aromatic heterocycles. The van der Waals surface area contributed by atoms with Gasteiger partial charge in [0.2, 0.25) is 0 Å². The molecule has 1 aliphatic heterocycles. The van der Waals surface area contributed by atoms with Crippen molar-refractivity contribution in [1.29, 1.82) is 0 Å². The van der Waals surface area contributed by atoms with E-state index in [1.54, 1.807) is 0 Å². The van der Waals surface area contributed by atoms with Crippen LogP contribution in [0.5, 0.6) is 0 Å². The Morgan fingerprint density at radius 2 is 1.79 bits per heavy atom. The SMILES string of the molecule is CCC(C)CNCc1ccc(N2CCCCC2)cc1. The number of piperidine rings is 1. The predicted molar refractivity (Wildman–Crippen MR) is 83.7 cm³/mol. The number of hydrogen-bond acceptors (Lipinski definition) is 2. The molecule has 1 fully saturated rings. The molecule has 0 spiro atoms. The molecule has 19 heavy (non-hydrogen) atoms. The van der Waals surface area contributed by atoms with Gasteiger partial charge in [-0.1, -0.05) is 32.4 Å². The molecule has 1 aromatic carbocycles. The summed E-state index contributed by atoms with van der Waals surface area (Å²) in [6.07, 6.45) is 5.34. The highest BCUT2D eigenvalue weighted by molar-refractivity contribution is 5.47. The molecule has 1 heterocycles. The molecule has 1 atom stereocenters. The second-order valence-corrected chi connectivity index (χ2v) is 5.86. The van der Waals surface area contributed by atoms with Gasteiger partial charge >= 0.3 is 0 Å². The van der Waals surface area contributed by atoms with Crippen molar-refractivity contribution >= 4 is 5.69 Å². The van der Waals surface area contributed by atoms with E-state index in [-0.39, 0.29) is 0 Å². The molecule has 1 saturated heterocycles. The first-order chi connectivity index (χ1) is 9.29. The Morgan fingerprint density at radius 1 is 1.11 bits per heavy atom. The van der Waals surface area contributed by atoms with Crippen molar-refractivity contribution in [1.82, 2.24) is 5.32 Å². The van der Waals surface area contributed by atoms with Crippen LogP contribution in [-0.4, -0.2) is 19.6 Å². The average Bonchev–Trinajstić information content (AvgIpc) is 2.48. The van der Waals surface area contributed by atoms with Gasteiger partial charge in [-0.05, 0) is 49.4 Å². The van der Waals surface area contributed by atoms with Gasteiger partial charge in [0, 0.05) is 25.3 Å². The fourth-order valence-corrected chi connectivity index (χ4v) is 2.58. The Hall–Kier alpha value is -1.02. The first kappa shape index (κ1) is 14.4. The van der Waals surface area contributed by atoms with Crippen LogP contribution in [0.1, 0.15) is 45.1 Å². The van der Waals surface area contributed by atoms with Crippen molar-refractivity contribution in [2.75, 3.05) is 24.5 Å². The Kier molecular flexibility index (Phi) is 5.71. The lowest BCUT2D eigenvalue weighted by atomic mass is 10.1. The lowest BCUT2D eigenvalue weighted by Crippen LogP contribution is -2.29. The lowest BCUT2D eigenvalue weighted by Gasteiger charge is -2.28. The minimum atomic E-state index is 0.771.